The lowest BCUT2D eigenvalue weighted by Crippen LogP contribution is -2.54. The molecule has 0 amide bonds. The van der Waals surface area contributed by atoms with Crippen molar-refractivity contribution in [2.45, 2.75) is 52.0 Å². The first-order valence-electron chi connectivity index (χ1n) is 8.37. The van der Waals surface area contributed by atoms with Crippen molar-refractivity contribution in [3.63, 3.8) is 0 Å². The Morgan fingerprint density at radius 2 is 1.89 bits per heavy atom. The predicted molar refractivity (Wildman–Crippen MR) is 80.5 cm³/mol. The SMILES string of the molecule is CCOCCN1CCN(CC2CCCC2)C[C@H]1CC. The summed E-state index contributed by atoms with van der Waals surface area (Å²) < 4.78 is 5.51. The Balaban J connectivity index is 1.73. The molecule has 1 heterocycles. The Morgan fingerprint density at radius 1 is 1.11 bits per heavy atom. The third-order valence-electron chi connectivity index (χ3n) is 4.88. The van der Waals surface area contributed by atoms with Crippen LogP contribution in [0.3, 0.4) is 0 Å². The summed E-state index contributed by atoms with van der Waals surface area (Å²) >= 11 is 0. The molecule has 2 rings (SSSR count). The third kappa shape index (κ3) is 4.73. The second-order valence-corrected chi connectivity index (χ2v) is 6.21. The summed E-state index contributed by atoms with van der Waals surface area (Å²) in [5.74, 6) is 0.993. The molecule has 19 heavy (non-hydrogen) atoms. The first-order valence-corrected chi connectivity index (χ1v) is 8.37. The molecule has 1 saturated carbocycles. The number of hydrogen-bond acceptors (Lipinski definition) is 3. The van der Waals surface area contributed by atoms with Gasteiger partial charge in [0.2, 0.25) is 0 Å². The van der Waals surface area contributed by atoms with Gasteiger partial charge in [0.1, 0.15) is 0 Å². The van der Waals surface area contributed by atoms with Gasteiger partial charge in [0.05, 0.1) is 6.61 Å². The summed E-state index contributed by atoms with van der Waals surface area (Å²) in [7, 11) is 0. The van der Waals surface area contributed by atoms with E-state index in [1.54, 1.807) is 0 Å². The van der Waals surface area contributed by atoms with Gasteiger partial charge in [-0.1, -0.05) is 19.8 Å². The average Bonchev–Trinajstić information content (AvgIpc) is 2.93. The zero-order valence-electron chi connectivity index (χ0n) is 12.9. The lowest BCUT2D eigenvalue weighted by Gasteiger charge is -2.42. The minimum atomic E-state index is 0.746. The molecule has 1 aliphatic heterocycles. The summed E-state index contributed by atoms with van der Waals surface area (Å²) in [6.45, 7) is 12.4. The Kier molecular flexibility index (Phi) is 6.62. The number of piperazine rings is 1. The Morgan fingerprint density at radius 3 is 2.58 bits per heavy atom. The standard InChI is InChI=1S/C16H32N2O/c1-3-16-14-17(13-15-7-5-6-8-15)9-10-18(16)11-12-19-4-2/h15-16H,3-14H2,1-2H3/t16-/m1/s1. The zero-order chi connectivity index (χ0) is 13.5. The van der Waals surface area contributed by atoms with Crippen LogP contribution < -0.4 is 0 Å². The van der Waals surface area contributed by atoms with Crippen molar-refractivity contribution in [1.82, 2.24) is 9.80 Å². The van der Waals surface area contributed by atoms with Crippen LogP contribution in [0.5, 0.6) is 0 Å². The molecule has 2 aliphatic rings. The average molecular weight is 268 g/mol. The molecule has 1 saturated heterocycles. The van der Waals surface area contributed by atoms with E-state index in [2.05, 4.69) is 23.6 Å². The molecule has 1 aliphatic carbocycles. The second-order valence-electron chi connectivity index (χ2n) is 6.21. The molecule has 112 valence electrons. The van der Waals surface area contributed by atoms with Crippen molar-refractivity contribution in [2.24, 2.45) is 5.92 Å². The molecule has 3 heteroatoms. The molecular formula is C16H32N2O. The van der Waals surface area contributed by atoms with E-state index in [-0.39, 0.29) is 0 Å². The van der Waals surface area contributed by atoms with E-state index in [0.717, 1.165) is 31.7 Å². The second kappa shape index (κ2) is 8.23. The lowest BCUT2D eigenvalue weighted by molar-refractivity contribution is 0.0360. The predicted octanol–water partition coefficient (Wildman–Crippen LogP) is 2.61. The van der Waals surface area contributed by atoms with Crippen LogP contribution in [0.4, 0.5) is 0 Å². The fourth-order valence-electron chi connectivity index (χ4n) is 3.69. The van der Waals surface area contributed by atoms with Crippen LogP contribution in [0.15, 0.2) is 0 Å². The van der Waals surface area contributed by atoms with Crippen LogP contribution >= 0.6 is 0 Å². The molecule has 0 aromatic heterocycles. The lowest BCUT2D eigenvalue weighted by atomic mass is 10.0. The van der Waals surface area contributed by atoms with Crippen molar-refractivity contribution >= 4 is 0 Å². The summed E-state index contributed by atoms with van der Waals surface area (Å²) in [5, 5.41) is 0. The van der Waals surface area contributed by atoms with Gasteiger partial charge in [-0.2, -0.15) is 0 Å². The molecule has 0 N–H and O–H groups in total. The van der Waals surface area contributed by atoms with Gasteiger partial charge in [0.25, 0.3) is 0 Å². The number of ether oxygens (including phenoxy) is 1. The van der Waals surface area contributed by atoms with Crippen LogP contribution in [0.25, 0.3) is 0 Å². The molecule has 0 unspecified atom stereocenters. The van der Waals surface area contributed by atoms with Crippen molar-refractivity contribution in [3.8, 4) is 0 Å². The minimum Gasteiger partial charge on any atom is -0.380 e. The smallest absolute Gasteiger partial charge is 0.0593 e. The highest BCUT2D eigenvalue weighted by molar-refractivity contribution is 4.83. The molecule has 0 radical (unpaired) electrons. The highest BCUT2D eigenvalue weighted by atomic mass is 16.5. The molecule has 0 aromatic carbocycles. The maximum Gasteiger partial charge on any atom is 0.0593 e. The number of rotatable bonds is 7. The first-order chi connectivity index (χ1) is 9.33. The Bertz CT molecular complexity index is 241. The van der Waals surface area contributed by atoms with E-state index < -0.39 is 0 Å². The first kappa shape index (κ1) is 15.3. The van der Waals surface area contributed by atoms with E-state index in [4.69, 9.17) is 4.74 Å². The van der Waals surface area contributed by atoms with Crippen LogP contribution in [0.1, 0.15) is 46.0 Å². The zero-order valence-corrected chi connectivity index (χ0v) is 12.9. The molecule has 1 atom stereocenters. The summed E-state index contributed by atoms with van der Waals surface area (Å²) in [6, 6.07) is 0.746. The van der Waals surface area contributed by atoms with Crippen molar-refractivity contribution in [1.29, 1.82) is 0 Å². The Labute approximate surface area is 119 Å². The maximum atomic E-state index is 5.51. The van der Waals surface area contributed by atoms with E-state index in [1.165, 1.54) is 58.3 Å². The molecule has 0 bridgehead atoms. The van der Waals surface area contributed by atoms with Gasteiger partial charge in [-0.3, -0.25) is 4.90 Å². The fourth-order valence-corrected chi connectivity index (χ4v) is 3.69. The van der Waals surface area contributed by atoms with E-state index >= 15 is 0 Å². The van der Waals surface area contributed by atoms with Crippen molar-refractivity contribution in [3.05, 3.63) is 0 Å². The largest absolute Gasteiger partial charge is 0.380 e. The number of nitrogens with zero attached hydrogens (tertiary/aromatic N) is 2. The summed E-state index contributed by atoms with van der Waals surface area (Å²) in [4.78, 5) is 5.36. The van der Waals surface area contributed by atoms with Gasteiger partial charge in [-0.25, -0.2) is 0 Å². The quantitative estimate of drug-likeness (QED) is 0.660. The molecule has 0 aromatic rings. The van der Waals surface area contributed by atoms with Gasteiger partial charge in [0.15, 0.2) is 0 Å². The normalized spacial score (nSPS) is 27.2. The van der Waals surface area contributed by atoms with Crippen LogP contribution in [0.2, 0.25) is 0 Å². The maximum absolute atomic E-state index is 5.51. The van der Waals surface area contributed by atoms with Crippen LogP contribution in [-0.4, -0.2) is 61.8 Å². The number of hydrogen-bond donors (Lipinski definition) is 0. The van der Waals surface area contributed by atoms with Crippen LogP contribution in [-0.2, 0) is 4.74 Å². The van der Waals surface area contributed by atoms with Gasteiger partial charge in [-0.05, 0) is 32.1 Å². The molecule has 2 fully saturated rings. The highest BCUT2D eigenvalue weighted by Gasteiger charge is 2.27. The summed E-state index contributed by atoms with van der Waals surface area (Å²) in [6.07, 6.45) is 7.16. The third-order valence-corrected chi connectivity index (χ3v) is 4.88. The van der Waals surface area contributed by atoms with Crippen LogP contribution in [0, 0.1) is 5.92 Å². The molecular weight excluding hydrogens is 236 g/mol. The van der Waals surface area contributed by atoms with Crippen molar-refractivity contribution < 1.29 is 4.74 Å². The fraction of sp³-hybridized carbons (Fsp3) is 1.00. The van der Waals surface area contributed by atoms with Crippen molar-refractivity contribution in [2.75, 3.05) is 45.9 Å². The van der Waals surface area contributed by atoms with Gasteiger partial charge in [-0.15, -0.1) is 0 Å². The van der Waals surface area contributed by atoms with Gasteiger partial charge in [0, 0.05) is 45.4 Å². The monoisotopic (exact) mass is 268 g/mol. The van der Waals surface area contributed by atoms with E-state index in [0.29, 0.717) is 0 Å². The molecule has 0 spiro atoms. The molecule has 3 nitrogen and oxygen atoms in total. The van der Waals surface area contributed by atoms with E-state index in [1.807, 2.05) is 0 Å². The van der Waals surface area contributed by atoms with Gasteiger partial charge < -0.3 is 9.64 Å². The minimum absolute atomic E-state index is 0.746. The summed E-state index contributed by atoms with van der Waals surface area (Å²) in [5.41, 5.74) is 0. The van der Waals surface area contributed by atoms with Gasteiger partial charge >= 0.3 is 0 Å². The van der Waals surface area contributed by atoms with E-state index in [9.17, 15) is 0 Å². The topological polar surface area (TPSA) is 15.7 Å². The highest BCUT2D eigenvalue weighted by Crippen LogP contribution is 2.26. The Hall–Kier alpha value is -0.120.